The third-order valence-corrected chi connectivity index (χ3v) is 3.69. The molecule has 0 unspecified atom stereocenters. The quantitative estimate of drug-likeness (QED) is 0.478. The summed E-state index contributed by atoms with van der Waals surface area (Å²) in [5.41, 5.74) is 2.45. The van der Waals surface area contributed by atoms with E-state index in [1.54, 1.807) is 0 Å². The monoisotopic (exact) mass is 280 g/mol. The average molecular weight is 280 g/mol. The van der Waals surface area contributed by atoms with Crippen molar-refractivity contribution in [2.45, 2.75) is 18.9 Å². The topological polar surface area (TPSA) is 101 Å². The van der Waals surface area contributed by atoms with E-state index in [1.165, 1.54) is 12.1 Å². The molecular formula is C12H20N6O2. The molecule has 1 aromatic rings. The van der Waals surface area contributed by atoms with Gasteiger partial charge in [-0.1, -0.05) is 0 Å². The Morgan fingerprint density at radius 1 is 1.45 bits per heavy atom. The van der Waals surface area contributed by atoms with E-state index in [0.717, 1.165) is 25.9 Å². The Morgan fingerprint density at radius 2 is 2.10 bits per heavy atom. The zero-order valence-electron chi connectivity index (χ0n) is 11.7. The van der Waals surface area contributed by atoms with Gasteiger partial charge in [0.25, 0.3) is 0 Å². The molecule has 1 aliphatic heterocycles. The van der Waals surface area contributed by atoms with Gasteiger partial charge < -0.3 is 15.2 Å². The summed E-state index contributed by atoms with van der Waals surface area (Å²) in [6.45, 7) is 1.51. The van der Waals surface area contributed by atoms with Crippen LogP contribution < -0.4 is 16.2 Å². The highest BCUT2D eigenvalue weighted by molar-refractivity contribution is 5.61. The van der Waals surface area contributed by atoms with E-state index >= 15 is 0 Å². The van der Waals surface area contributed by atoms with Gasteiger partial charge in [-0.25, -0.2) is 10.8 Å². The van der Waals surface area contributed by atoms with Crippen LogP contribution in [0.1, 0.15) is 12.8 Å². The van der Waals surface area contributed by atoms with Crippen molar-refractivity contribution in [1.29, 1.82) is 0 Å². The van der Waals surface area contributed by atoms with Crippen LogP contribution in [0.15, 0.2) is 12.1 Å². The molecular weight excluding hydrogens is 260 g/mol. The van der Waals surface area contributed by atoms with E-state index < -0.39 is 4.92 Å². The van der Waals surface area contributed by atoms with Gasteiger partial charge in [-0.3, -0.25) is 10.1 Å². The van der Waals surface area contributed by atoms with Gasteiger partial charge in [-0.05, 0) is 33.0 Å². The standard InChI is InChI=1S/C12H20N6O2/c1-16(2)9-5-7-17(8-6-9)12-10(18(19)20)3-4-11(14-12)15-13/h3-4,9H,5-8,13H2,1-2H3,(H,14,15). The number of rotatable bonds is 4. The van der Waals surface area contributed by atoms with Crippen molar-refractivity contribution in [3.8, 4) is 0 Å². The summed E-state index contributed by atoms with van der Waals surface area (Å²) in [7, 11) is 4.11. The number of nitrogens with zero attached hydrogens (tertiary/aromatic N) is 4. The van der Waals surface area contributed by atoms with Crippen molar-refractivity contribution in [3.63, 3.8) is 0 Å². The van der Waals surface area contributed by atoms with E-state index in [4.69, 9.17) is 5.84 Å². The summed E-state index contributed by atoms with van der Waals surface area (Å²) in [4.78, 5) is 19.1. The highest BCUT2D eigenvalue weighted by Gasteiger charge is 2.27. The maximum absolute atomic E-state index is 11.1. The Kier molecular flexibility index (Phi) is 4.35. The third kappa shape index (κ3) is 2.97. The van der Waals surface area contributed by atoms with Crippen LogP contribution in [0.5, 0.6) is 0 Å². The lowest BCUT2D eigenvalue weighted by atomic mass is 10.0. The largest absolute Gasteiger partial charge is 0.351 e. The van der Waals surface area contributed by atoms with E-state index in [0.29, 0.717) is 17.7 Å². The smallest absolute Gasteiger partial charge is 0.311 e. The molecule has 2 heterocycles. The van der Waals surface area contributed by atoms with Gasteiger partial charge in [0.05, 0.1) is 4.92 Å². The minimum Gasteiger partial charge on any atom is -0.351 e. The van der Waals surface area contributed by atoms with Crippen molar-refractivity contribution >= 4 is 17.3 Å². The second-order valence-electron chi connectivity index (χ2n) is 5.12. The summed E-state index contributed by atoms with van der Waals surface area (Å²) < 4.78 is 0. The first kappa shape index (κ1) is 14.5. The maximum atomic E-state index is 11.1. The zero-order chi connectivity index (χ0) is 14.7. The highest BCUT2D eigenvalue weighted by Crippen LogP contribution is 2.30. The van der Waals surface area contributed by atoms with Crippen molar-refractivity contribution in [1.82, 2.24) is 9.88 Å². The molecule has 0 saturated carbocycles. The molecule has 1 fully saturated rings. The Hall–Kier alpha value is -1.93. The van der Waals surface area contributed by atoms with Crippen molar-refractivity contribution in [2.75, 3.05) is 37.5 Å². The Bertz CT molecular complexity index is 485. The van der Waals surface area contributed by atoms with Crippen LogP contribution in [0.4, 0.5) is 17.3 Å². The molecule has 2 rings (SSSR count). The molecule has 1 aliphatic rings. The molecule has 0 bridgehead atoms. The zero-order valence-corrected chi connectivity index (χ0v) is 11.7. The van der Waals surface area contributed by atoms with Crippen LogP contribution in [0, 0.1) is 10.1 Å². The third-order valence-electron chi connectivity index (χ3n) is 3.69. The van der Waals surface area contributed by atoms with Crippen LogP contribution in [-0.2, 0) is 0 Å². The van der Waals surface area contributed by atoms with Crippen LogP contribution in [0.3, 0.4) is 0 Å². The number of hydrogen-bond donors (Lipinski definition) is 2. The summed E-state index contributed by atoms with van der Waals surface area (Å²) in [6.07, 6.45) is 1.93. The molecule has 20 heavy (non-hydrogen) atoms. The van der Waals surface area contributed by atoms with Gasteiger partial charge in [0.1, 0.15) is 5.82 Å². The number of aromatic nitrogens is 1. The highest BCUT2D eigenvalue weighted by atomic mass is 16.6. The number of nitrogen functional groups attached to an aromatic ring is 1. The van der Waals surface area contributed by atoms with Gasteiger partial charge >= 0.3 is 5.69 Å². The maximum Gasteiger partial charge on any atom is 0.311 e. The van der Waals surface area contributed by atoms with Gasteiger partial charge in [-0.2, -0.15) is 0 Å². The number of hydrazine groups is 1. The van der Waals surface area contributed by atoms with Crippen LogP contribution in [0.2, 0.25) is 0 Å². The molecule has 3 N–H and O–H groups in total. The predicted octanol–water partition coefficient (Wildman–Crippen LogP) is 0.806. The molecule has 0 atom stereocenters. The van der Waals surface area contributed by atoms with Gasteiger partial charge in [0, 0.05) is 25.2 Å². The van der Waals surface area contributed by atoms with Gasteiger partial charge in [0.2, 0.25) is 5.82 Å². The van der Waals surface area contributed by atoms with Crippen LogP contribution in [-0.4, -0.2) is 48.0 Å². The molecule has 1 aromatic heterocycles. The number of anilines is 2. The molecule has 0 radical (unpaired) electrons. The van der Waals surface area contributed by atoms with E-state index in [-0.39, 0.29) is 5.69 Å². The number of nitro groups is 1. The van der Waals surface area contributed by atoms with Crippen molar-refractivity contribution in [3.05, 3.63) is 22.2 Å². The molecule has 8 nitrogen and oxygen atoms in total. The fourth-order valence-corrected chi connectivity index (χ4v) is 2.49. The molecule has 110 valence electrons. The first-order chi connectivity index (χ1) is 9.52. The predicted molar refractivity (Wildman–Crippen MR) is 77.6 cm³/mol. The molecule has 1 saturated heterocycles. The van der Waals surface area contributed by atoms with E-state index in [1.807, 2.05) is 4.90 Å². The fraction of sp³-hybridized carbons (Fsp3) is 0.583. The number of nitrogens with two attached hydrogens (primary N) is 1. The first-order valence-electron chi connectivity index (χ1n) is 6.56. The molecule has 0 aromatic carbocycles. The lowest BCUT2D eigenvalue weighted by molar-refractivity contribution is -0.384. The van der Waals surface area contributed by atoms with Crippen LogP contribution in [0.25, 0.3) is 0 Å². The number of hydrogen-bond acceptors (Lipinski definition) is 7. The van der Waals surface area contributed by atoms with E-state index in [9.17, 15) is 10.1 Å². The van der Waals surface area contributed by atoms with Crippen molar-refractivity contribution in [2.24, 2.45) is 5.84 Å². The Labute approximate surface area is 117 Å². The SMILES string of the molecule is CN(C)C1CCN(c2nc(NN)ccc2[N+](=O)[O-])CC1. The summed E-state index contributed by atoms with van der Waals surface area (Å²) in [5, 5.41) is 11.1. The lowest BCUT2D eigenvalue weighted by Gasteiger charge is -2.35. The summed E-state index contributed by atoms with van der Waals surface area (Å²) in [6, 6.07) is 3.46. The number of pyridine rings is 1. The van der Waals surface area contributed by atoms with Crippen molar-refractivity contribution < 1.29 is 4.92 Å². The first-order valence-corrected chi connectivity index (χ1v) is 6.56. The molecule has 0 spiro atoms. The Balaban J connectivity index is 2.21. The summed E-state index contributed by atoms with van der Waals surface area (Å²) >= 11 is 0. The lowest BCUT2D eigenvalue weighted by Crippen LogP contribution is -2.42. The minimum absolute atomic E-state index is 0.0207. The minimum atomic E-state index is -0.402. The molecule has 8 heteroatoms. The number of piperidine rings is 1. The van der Waals surface area contributed by atoms with E-state index in [2.05, 4.69) is 29.4 Å². The Morgan fingerprint density at radius 3 is 2.60 bits per heavy atom. The second kappa shape index (κ2) is 6.02. The van der Waals surface area contributed by atoms with Gasteiger partial charge in [0.15, 0.2) is 0 Å². The molecule has 0 amide bonds. The van der Waals surface area contributed by atoms with Gasteiger partial charge in [-0.15, -0.1) is 0 Å². The number of nitrogens with one attached hydrogen (secondary N) is 1. The fourth-order valence-electron chi connectivity index (χ4n) is 2.49. The second-order valence-corrected chi connectivity index (χ2v) is 5.12. The molecule has 0 aliphatic carbocycles. The normalized spacial score (nSPS) is 16.5. The average Bonchev–Trinajstić information content (AvgIpc) is 2.46. The summed E-state index contributed by atoms with van der Waals surface area (Å²) in [5.74, 6) is 6.15. The van der Waals surface area contributed by atoms with Crippen LogP contribution >= 0.6 is 0 Å².